The fourth-order valence-corrected chi connectivity index (χ4v) is 23.8. The Morgan fingerprint density at radius 3 is 0.952 bits per heavy atom. The molecule has 538 valence electrons. The van der Waals surface area contributed by atoms with Crippen LogP contribution in [-0.4, -0.2) is 9.13 Å². The van der Waals surface area contributed by atoms with Gasteiger partial charge in [0.25, 0.3) is 11.1 Å². The van der Waals surface area contributed by atoms with Crippen LogP contribution >= 0.6 is 90.7 Å². The Bertz CT molecular complexity index is 4980. The molecule has 0 amide bonds. The zero-order valence-corrected chi connectivity index (χ0v) is 67.9. The monoisotopic (exact) mass is 1520 g/mol. The molecule has 0 aliphatic carbocycles. The molecule has 11 rings (SSSR count). The Morgan fingerprint density at radius 1 is 0.327 bits per heavy atom. The predicted octanol–water partition coefficient (Wildman–Crippen LogP) is 24.5. The van der Waals surface area contributed by atoms with Gasteiger partial charge >= 0.3 is 0 Å². The number of thiophene rings is 6. The molecule has 0 radical (unpaired) electrons. The van der Waals surface area contributed by atoms with Gasteiger partial charge in [-0.3, -0.25) is 18.7 Å². The molecule has 11 aromatic rings. The molecular weight excluding hydrogens is 1430 g/mol. The highest BCUT2D eigenvalue weighted by Crippen LogP contribution is 2.49. The van der Waals surface area contributed by atoms with Crippen LogP contribution in [0, 0.1) is 45.3 Å². The van der Waals surface area contributed by atoms with Gasteiger partial charge in [-0.05, 0) is 205 Å². The van der Waals surface area contributed by atoms with E-state index in [-0.39, 0.29) is 22.3 Å². The van der Waals surface area contributed by atoms with Gasteiger partial charge in [0, 0.05) is 71.6 Å². The van der Waals surface area contributed by atoms with Gasteiger partial charge in [-0.25, -0.2) is 0 Å². The lowest BCUT2D eigenvalue weighted by Crippen LogP contribution is -2.31. The highest BCUT2D eigenvalue weighted by atomic mass is 32.1. The van der Waals surface area contributed by atoms with E-state index in [1.807, 2.05) is 95.6 Å². The van der Waals surface area contributed by atoms with Crippen molar-refractivity contribution in [2.24, 2.45) is 0 Å². The van der Waals surface area contributed by atoms with Crippen molar-refractivity contribution in [3.63, 3.8) is 0 Å². The van der Waals surface area contributed by atoms with E-state index in [2.05, 4.69) is 125 Å². The number of rotatable bonds is 38. The third-order valence-corrected chi connectivity index (χ3v) is 29.7. The molecule has 0 bridgehead atoms. The Morgan fingerprint density at radius 2 is 0.635 bits per heavy atom. The zero-order valence-electron chi connectivity index (χ0n) is 61.4. The van der Waals surface area contributed by atoms with Gasteiger partial charge in [-0.2, -0.15) is 21.0 Å². The van der Waals surface area contributed by atoms with Crippen molar-refractivity contribution < 1.29 is 0 Å². The Labute approximate surface area is 646 Å². The molecule has 0 N–H and O–H groups in total. The first-order chi connectivity index (χ1) is 50.9. The van der Waals surface area contributed by atoms with Gasteiger partial charge < -0.3 is 0 Å². The van der Waals surface area contributed by atoms with Crippen LogP contribution in [0.1, 0.15) is 228 Å². The zero-order chi connectivity index (χ0) is 72.9. The third kappa shape index (κ3) is 19.1. The fraction of sp³-hybridized carbons (Fsp3) is 0.409. The van der Waals surface area contributed by atoms with Crippen molar-refractivity contribution in [3.05, 3.63) is 168 Å². The second-order valence-corrected chi connectivity index (χ2v) is 35.9. The smallest absolute Gasteiger partial charge is 0.269 e. The summed E-state index contributed by atoms with van der Waals surface area (Å²) >= 11 is 13.6. The quantitative estimate of drug-likeness (QED) is 0.0279. The molecule has 0 aliphatic rings. The van der Waals surface area contributed by atoms with Gasteiger partial charge in [-0.15, -0.1) is 90.7 Å². The van der Waals surface area contributed by atoms with E-state index < -0.39 is 0 Å². The van der Waals surface area contributed by atoms with E-state index >= 15 is 0 Å². The number of fused-ring (bicyclic) bond motifs is 2. The Balaban J connectivity index is 0.898. The van der Waals surface area contributed by atoms with Crippen molar-refractivity contribution in [2.75, 3.05) is 0 Å². The maximum atomic E-state index is 13.8. The molecule has 0 aliphatic heterocycles. The second kappa shape index (κ2) is 38.8. The first-order valence-corrected chi connectivity index (χ1v) is 44.7. The van der Waals surface area contributed by atoms with Gasteiger partial charge in [-0.1, -0.05) is 180 Å². The van der Waals surface area contributed by atoms with Gasteiger partial charge in [0.15, 0.2) is 11.1 Å². The summed E-state index contributed by atoms with van der Waals surface area (Å²) < 4.78 is 5.04. The fourth-order valence-electron chi connectivity index (χ4n) is 14.1. The van der Waals surface area contributed by atoms with Crippen LogP contribution < -0.4 is 29.5 Å². The van der Waals surface area contributed by atoms with Crippen LogP contribution in [0.25, 0.3) is 105 Å². The van der Waals surface area contributed by atoms with Crippen molar-refractivity contribution in [3.8, 4) is 84.2 Å². The molecule has 0 unspecified atom stereocenters. The maximum Gasteiger partial charge on any atom is 0.269 e. The summed E-state index contributed by atoms with van der Waals surface area (Å²) in [5.74, 6) is 0. The van der Waals surface area contributed by atoms with Crippen LogP contribution in [0.15, 0.2) is 107 Å². The number of hydrogen-bond acceptors (Lipinski definition) is 14. The summed E-state index contributed by atoms with van der Waals surface area (Å²) in [5, 5.41) is 44.0. The molecular formula is C88H96N6O2S8. The minimum Gasteiger partial charge on any atom is -0.298 e. The molecule has 0 atom stereocenters. The first-order valence-electron chi connectivity index (χ1n) is 38.2. The average molecular weight is 1530 g/mol. The first kappa shape index (κ1) is 77.8. The molecule has 0 fully saturated rings. The molecule has 104 heavy (non-hydrogen) atoms. The summed E-state index contributed by atoms with van der Waals surface area (Å²) in [6.45, 7) is 13.6. The van der Waals surface area contributed by atoms with E-state index in [0.29, 0.717) is 31.5 Å². The number of hydrogen-bond donors (Lipinski definition) is 0. The van der Waals surface area contributed by atoms with Crippen molar-refractivity contribution >= 4 is 136 Å². The van der Waals surface area contributed by atoms with Crippen LogP contribution in [-0.2, 0) is 38.8 Å². The molecule has 0 spiro atoms. The van der Waals surface area contributed by atoms with Crippen molar-refractivity contribution in [2.45, 2.75) is 234 Å². The second-order valence-electron chi connectivity index (χ2n) is 27.4. The van der Waals surface area contributed by atoms with E-state index in [0.717, 1.165) is 61.1 Å². The molecule has 3 aromatic carbocycles. The summed E-state index contributed by atoms with van der Waals surface area (Å²) in [6.07, 6.45) is 37.5. The molecule has 16 heteroatoms. The predicted molar refractivity (Wildman–Crippen MR) is 453 cm³/mol. The van der Waals surface area contributed by atoms with E-state index in [4.69, 9.17) is 0 Å². The summed E-state index contributed by atoms with van der Waals surface area (Å²) in [4.78, 5) is 42.5. The number of aromatic nitrogens is 2. The van der Waals surface area contributed by atoms with Crippen LogP contribution in [0.2, 0.25) is 0 Å². The SMILES string of the molecule is CCCCCCCCc1cc(/C=c2\sc(=C(C#N)C#N)n(CC)c2=O)sc1-c1ccc(-c2sc(-c3ccc4cc5cc(-c6cc(CCCCCCCC)c(-c7ccc(-c8sc(/C=c9/sc(=C(C#N)C#N)n(CC)c9=O)cc8CCCCCCCC)s7)s6)ccc5cc4c3)cc2CCCCCCCC)s1. The number of unbranched alkanes of at least 4 members (excludes halogenated alkanes) is 20. The third-order valence-electron chi connectivity index (χ3n) is 19.8. The van der Waals surface area contributed by atoms with Crippen LogP contribution in [0.4, 0.5) is 0 Å². The standard InChI is InChI=1S/C88H96N6O2S8/c1-7-13-17-21-25-29-33-63-49-71(53-79-85(95)93(11-5)87(103-79)69(55-89)56-90)97-81(63)73-41-43-75(99-73)83-65(35-31-27-23-19-15-9-3)51-77(101-83)61-39-37-59-46-68-48-62(40-38-60(68)45-67(59)47-61)78-52-66(36-32-28-24-20-16-10-4)84(102-78)76-44-42-74(100-76)82-64(34-30-26-22-18-14-8-2)50-72(98-82)54-80-86(96)94(12-6)88(104-80)70(57-91)58-92/h37-54H,7-36H2,1-6H3/b79-53-,80-54+. The van der Waals surface area contributed by atoms with Gasteiger partial charge in [0.1, 0.15) is 33.6 Å². The van der Waals surface area contributed by atoms with Gasteiger partial charge in [0.2, 0.25) is 0 Å². The summed E-state index contributed by atoms with van der Waals surface area (Å²) in [7, 11) is 0. The number of thiazole rings is 2. The molecule has 0 saturated carbocycles. The Kier molecular flexibility index (Phi) is 29.0. The lowest BCUT2D eigenvalue weighted by Gasteiger charge is -2.07. The van der Waals surface area contributed by atoms with Crippen molar-refractivity contribution in [1.29, 1.82) is 21.0 Å². The highest BCUT2D eigenvalue weighted by molar-refractivity contribution is 7.28. The van der Waals surface area contributed by atoms with E-state index in [9.17, 15) is 30.6 Å². The lowest BCUT2D eigenvalue weighted by molar-refractivity contribution is 0.608. The molecule has 0 saturated heterocycles. The summed E-state index contributed by atoms with van der Waals surface area (Å²) in [6, 6.07) is 45.8. The highest BCUT2D eigenvalue weighted by Gasteiger charge is 2.22. The topological polar surface area (TPSA) is 139 Å². The minimum absolute atomic E-state index is 0.0289. The lowest BCUT2D eigenvalue weighted by atomic mass is 9.98. The van der Waals surface area contributed by atoms with Gasteiger partial charge in [0.05, 0.1) is 9.06 Å². The van der Waals surface area contributed by atoms with Crippen LogP contribution in [0.5, 0.6) is 0 Å². The normalized spacial score (nSPS) is 11.9. The van der Waals surface area contributed by atoms with Crippen LogP contribution in [0.3, 0.4) is 0 Å². The molecule has 8 nitrogen and oxygen atoms in total. The minimum atomic E-state index is -0.160. The van der Waals surface area contributed by atoms with E-state index in [1.165, 1.54) is 255 Å². The molecule has 8 heterocycles. The summed E-state index contributed by atoms with van der Waals surface area (Å²) in [5.41, 5.74) is 7.60. The van der Waals surface area contributed by atoms with E-state index in [1.54, 1.807) is 31.8 Å². The average Bonchev–Trinajstić information content (AvgIpc) is 1.64. The number of nitriles is 4. The maximum absolute atomic E-state index is 13.8. The Hall–Kier alpha value is -7.32. The number of aryl methyl sites for hydroxylation is 4. The number of nitrogens with zero attached hydrogens (tertiary/aromatic N) is 6. The largest absolute Gasteiger partial charge is 0.298 e. The van der Waals surface area contributed by atoms with Crippen molar-refractivity contribution in [1.82, 2.24) is 9.13 Å². The molecule has 8 aromatic heterocycles. The number of benzene rings is 3.